The molecular weight excluding hydrogens is 244 g/mol. The van der Waals surface area contributed by atoms with Gasteiger partial charge in [-0.15, -0.1) is 0 Å². The molecule has 1 aromatic heterocycles. The van der Waals surface area contributed by atoms with Gasteiger partial charge in [-0.3, -0.25) is 4.68 Å². The maximum absolute atomic E-state index is 10.6. The van der Waals surface area contributed by atoms with Crippen LogP contribution in [-0.2, 0) is 11.8 Å². The molecule has 1 rings (SSSR count). The molecule has 0 fully saturated rings. The summed E-state index contributed by atoms with van der Waals surface area (Å²) in [6, 6.07) is 0. The van der Waals surface area contributed by atoms with E-state index in [1.807, 2.05) is 11.7 Å². The van der Waals surface area contributed by atoms with Crippen LogP contribution in [0.25, 0.3) is 0 Å². The van der Waals surface area contributed by atoms with E-state index >= 15 is 0 Å². The fourth-order valence-corrected chi connectivity index (χ4v) is 2.28. The van der Waals surface area contributed by atoms with Gasteiger partial charge in [0.2, 0.25) is 0 Å². The largest absolute Gasteiger partial charge is 0.303 e. The third-order valence-electron chi connectivity index (χ3n) is 2.44. The fourth-order valence-electron chi connectivity index (χ4n) is 1.64. The third kappa shape index (κ3) is 2.23. The Morgan fingerprint density at radius 2 is 2.29 bits per heavy atom. The summed E-state index contributed by atoms with van der Waals surface area (Å²) in [4.78, 5) is 10.6. The van der Waals surface area contributed by atoms with Crippen molar-refractivity contribution in [3.63, 3.8) is 0 Å². The first-order chi connectivity index (χ1) is 6.57. The standard InChI is InChI=1S/C10H15BrN2O/c1-7(2)8(4-5-14)10-9(11)6-12-13(10)3/h5-8H,4H2,1-3H3. The number of aryl methyl sites for hydroxylation is 1. The fraction of sp³-hybridized carbons (Fsp3) is 0.600. The summed E-state index contributed by atoms with van der Waals surface area (Å²) < 4.78 is 2.82. The number of rotatable bonds is 4. The van der Waals surface area contributed by atoms with Crippen LogP contribution in [0.3, 0.4) is 0 Å². The Kier molecular flexibility index (Phi) is 3.86. The molecule has 1 heterocycles. The zero-order valence-corrected chi connectivity index (χ0v) is 10.3. The van der Waals surface area contributed by atoms with E-state index < -0.39 is 0 Å². The molecule has 0 radical (unpaired) electrons. The van der Waals surface area contributed by atoms with Gasteiger partial charge in [0.1, 0.15) is 6.29 Å². The lowest BCUT2D eigenvalue weighted by atomic mass is 9.90. The van der Waals surface area contributed by atoms with E-state index in [0.29, 0.717) is 12.3 Å². The zero-order valence-electron chi connectivity index (χ0n) is 8.70. The van der Waals surface area contributed by atoms with Gasteiger partial charge in [-0.1, -0.05) is 13.8 Å². The van der Waals surface area contributed by atoms with Crippen molar-refractivity contribution in [3.05, 3.63) is 16.4 Å². The molecule has 3 nitrogen and oxygen atoms in total. The van der Waals surface area contributed by atoms with E-state index in [2.05, 4.69) is 34.9 Å². The van der Waals surface area contributed by atoms with Gasteiger partial charge >= 0.3 is 0 Å². The molecule has 0 saturated carbocycles. The summed E-state index contributed by atoms with van der Waals surface area (Å²) in [6.45, 7) is 4.24. The lowest BCUT2D eigenvalue weighted by Gasteiger charge is -2.19. The van der Waals surface area contributed by atoms with Crippen LogP contribution in [0.15, 0.2) is 10.7 Å². The molecule has 0 saturated heterocycles. The predicted octanol–water partition coefficient (Wildman–Crippen LogP) is 2.51. The van der Waals surface area contributed by atoms with E-state index in [4.69, 9.17) is 0 Å². The first-order valence-corrected chi connectivity index (χ1v) is 5.48. The molecule has 14 heavy (non-hydrogen) atoms. The van der Waals surface area contributed by atoms with Crippen molar-refractivity contribution in [1.29, 1.82) is 0 Å². The normalized spacial score (nSPS) is 13.2. The maximum atomic E-state index is 10.6. The minimum atomic E-state index is 0.245. The molecule has 0 aromatic carbocycles. The van der Waals surface area contributed by atoms with Gasteiger partial charge in [-0.2, -0.15) is 5.10 Å². The molecule has 1 atom stereocenters. The first-order valence-electron chi connectivity index (χ1n) is 4.69. The highest BCUT2D eigenvalue weighted by atomic mass is 79.9. The Morgan fingerprint density at radius 1 is 1.64 bits per heavy atom. The van der Waals surface area contributed by atoms with Crippen LogP contribution in [-0.4, -0.2) is 16.1 Å². The highest BCUT2D eigenvalue weighted by molar-refractivity contribution is 9.10. The molecule has 0 N–H and O–H groups in total. The van der Waals surface area contributed by atoms with E-state index in [1.165, 1.54) is 0 Å². The summed E-state index contributed by atoms with van der Waals surface area (Å²) in [5.41, 5.74) is 1.10. The Balaban J connectivity index is 3.03. The number of halogens is 1. The summed E-state index contributed by atoms with van der Waals surface area (Å²) >= 11 is 3.46. The van der Waals surface area contributed by atoms with Crippen LogP contribution >= 0.6 is 15.9 Å². The van der Waals surface area contributed by atoms with Crippen molar-refractivity contribution in [3.8, 4) is 0 Å². The lowest BCUT2D eigenvalue weighted by Crippen LogP contribution is -2.12. The van der Waals surface area contributed by atoms with Gasteiger partial charge < -0.3 is 4.79 Å². The number of nitrogens with zero attached hydrogens (tertiary/aromatic N) is 2. The Morgan fingerprint density at radius 3 is 2.64 bits per heavy atom. The molecule has 0 aliphatic rings. The smallest absolute Gasteiger partial charge is 0.120 e. The number of aldehydes is 1. The highest BCUT2D eigenvalue weighted by Crippen LogP contribution is 2.31. The molecule has 0 aliphatic carbocycles. The Hall–Kier alpha value is -0.640. The first kappa shape index (κ1) is 11.4. The monoisotopic (exact) mass is 258 g/mol. The number of carbonyl (C=O) groups excluding carboxylic acids is 1. The summed E-state index contributed by atoms with van der Waals surface area (Å²) in [6.07, 6.45) is 3.30. The van der Waals surface area contributed by atoms with Crippen LogP contribution in [0.1, 0.15) is 31.9 Å². The lowest BCUT2D eigenvalue weighted by molar-refractivity contribution is -0.108. The zero-order chi connectivity index (χ0) is 10.7. The van der Waals surface area contributed by atoms with Gasteiger partial charge in [0, 0.05) is 19.4 Å². The second kappa shape index (κ2) is 4.73. The average molecular weight is 259 g/mol. The van der Waals surface area contributed by atoms with Crippen LogP contribution in [0.5, 0.6) is 0 Å². The molecule has 0 spiro atoms. The van der Waals surface area contributed by atoms with Gasteiger partial charge in [-0.25, -0.2) is 0 Å². The van der Waals surface area contributed by atoms with E-state index in [1.54, 1.807) is 6.20 Å². The average Bonchev–Trinajstić information content (AvgIpc) is 2.43. The summed E-state index contributed by atoms with van der Waals surface area (Å²) in [5, 5.41) is 4.16. The van der Waals surface area contributed by atoms with Crippen molar-refractivity contribution in [2.75, 3.05) is 0 Å². The van der Waals surface area contributed by atoms with E-state index in [0.717, 1.165) is 16.5 Å². The van der Waals surface area contributed by atoms with Crippen molar-refractivity contribution in [2.45, 2.75) is 26.2 Å². The summed E-state index contributed by atoms with van der Waals surface area (Å²) in [5.74, 6) is 0.682. The minimum Gasteiger partial charge on any atom is -0.303 e. The Labute approximate surface area is 92.6 Å². The number of hydrogen-bond donors (Lipinski definition) is 0. The molecule has 0 aliphatic heterocycles. The summed E-state index contributed by atoms with van der Waals surface area (Å²) in [7, 11) is 1.90. The molecule has 78 valence electrons. The van der Waals surface area contributed by atoms with Crippen LogP contribution in [0.2, 0.25) is 0 Å². The van der Waals surface area contributed by atoms with Gasteiger partial charge in [0.25, 0.3) is 0 Å². The number of carbonyl (C=O) groups is 1. The topological polar surface area (TPSA) is 34.9 Å². The molecule has 0 bridgehead atoms. The van der Waals surface area contributed by atoms with Crippen molar-refractivity contribution in [1.82, 2.24) is 9.78 Å². The SMILES string of the molecule is CC(C)C(CC=O)c1c(Br)cnn1C. The maximum Gasteiger partial charge on any atom is 0.120 e. The second-order valence-electron chi connectivity index (χ2n) is 3.75. The van der Waals surface area contributed by atoms with Crippen LogP contribution < -0.4 is 0 Å². The van der Waals surface area contributed by atoms with Crippen LogP contribution in [0.4, 0.5) is 0 Å². The highest BCUT2D eigenvalue weighted by Gasteiger charge is 2.21. The molecular formula is C10H15BrN2O. The van der Waals surface area contributed by atoms with Crippen molar-refractivity contribution in [2.24, 2.45) is 13.0 Å². The van der Waals surface area contributed by atoms with Gasteiger partial charge in [0.15, 0.2) is 0 Å². The Bertz CT molecular complexity index is 300. The number of aromatic nitrogens is 2. The van der Waals surface area contributed by atoms with Gasteiger partial charge in [-0.05, 0) is 21.8 Å². The molecule has 0 amide bonds. The third-order valence-corrected chi connectivity index (χ3v) is 3.05. The van der Waals surface area contributed by atoms with Crippen LogP contribution in [0, 0.1) is 5.92 Å². The minimum absolute atomic E-state index is 0.245. The number of hydrogen-bond acceptors (Lipinski definition) is 2. The van der Waals surface area contributed by atoms with Crippen molar-refractivity contribution >= 4 is 22.2 Å². The van der Waals surface area contributed by atoms with Gasteiger partial charge in [0.05, 0.1) is 16.4 Å². The van der Waals surface area contributed by atoms with E-state index in [9.17, 15) is 4.79 Å². The quantitative estimate of drug-likeness (QED) is 0.779. The second-order valence-corrected chi connectivity index (χ2v) is 4.61. The molecule has 1 aromatic rings. The van der Waals surface area contributed by atoms with E-state index in [-0.39, 0.29) is 5.92 Å². The molecule has 4 heteroatoms. The molecule has 1 unspecified atom stereocenters. The predicted molar refractivity (Wildman–Crippen MR) is 59.2 cm³/mol. The van der Waals surface area contributed by atoms with Crippen molar-refractivity contribution < 1.29 is 4.79 Å².